The zero-order valence-electron chi connectivity index (χ0n) is 18.1. The molecular weight excluding hydrogens is 462 g/mol. The van der Waals surface area contributed by atoms with Crippen molar-refractivity contribution in [2.45, 2.75) is 0 Å². The van der Waals surface area contributed by atoms with Gasteiger partial charge in [-0.15, -0.1) is 11.3 Å². The Bertz CT molecular complexity index is 1350. The second-order valence-corrected chi connectivity index (χ2v) is 8.51. The van der Waals surface area contributed by atoms with Crippen LogP contribution in [0, 0.1) is 0 Å². The number of amides is 1. The Morgan fingerprint density at radius 3 is 2.52 bits per heavy atom. The molecule has 2 aromatic carbocycles. The lowest BCUT2D eigenvalue weighted by Gasteiger charge is -2.13. The summed E-state index contributed by atoms with van der Waals surface area (Å²) in [7, 11) is 4.59. The van der Waals surface area contributed by atoms with Gasteiger partial charge < -0.3 is 14.2 Å². The van der Waals surface area contributed by atoms with E-state index in [4.69, 9.17) is 25.8 Å². The number of ether oxygens (including phenoxy) is 3. The molecule has 0 unspecified atom stereocenters. The zero-order chi connectivity index (χ0) is 23.4. The molecule has 4 rings (SSSR count). The molecule has 2 heterocycles. The van der Waals surface area contributed by atoms with Crippen LogP contribution in [-0.4, -0.2) is 38.4 Å². The number of hydrogen-bond donors (Lipinski definition) is 1. The molecule has 0 atom stereocenters. The number of hydrogen-bond acceptors (Lipinski definition) is 7. The summed E-state index contributed by atoms with van der Waals surface area (Å²) < 4.78 is 16.8. The summed E-state index contributed by atoms with van der Waals surface area (Å²) in [6.45, 7) is 0. The second kappa shape index (κ2) is 9.89. The summed E-state index contributed by atoms with van der Waals surface area (Å²) in [5, 5.41) is 4.85. The molecule has 0 bridgehead atoms. The van der Waals surface area contributed by atoms with Gasteiger partial charge in [-0.1, -0.05) is 29.8 Å². The standard InChI is InChI=1S/C24H20ClN3O4S/c1-30-19-9-8-14(22(31-2)23(19)32-3)13-26-28-24(29)16-12-18(20-10-11-21(25)33-20)27-17-7-5-4-6-15(16)17/h4-13H,1-3H3,(H,28,29)/b26-13-. The number of thiophene rings is 1. The molecule has 0 saturated heterocycles. The first kappa shape index (κ1) is 22.6. The minimum absolute atomic E-state index is 0.367. The molecule has 0 radical (unpaired) electrons. The zero-order valence-corrected chi connectivity index (χ0v) is 19.7. The van der Waals surface area contributed by atoms with E-state index in [2.05, 4.69) is 15.5 Å². The van der Waals surface area contributed by atoms with Gasteiger partial charge >= 0.3 is 0 Å². The average Bonchev–Trinajstić information content (AvgIpc) is 3.28. The first-order valence-electron chi connectivity index (χ1n) is 9.83. The Kier molecular flexibility index (Phi) is 6.76. The maximum absolute atomic E-state index is 13.1. The van der Waals surface area contributed by atoms with E-state index in [1.54, 1.807) is 31.4 Å². The predicted octanol–water partition coefficient (Wildman–Crippen LogP) is 5.41. The van der Waals surface area contributed by atoms with Crippen molar-refractivity contribution >= 4 is 46.0 Å². The average molecular weight is 482 g/mol. The molecular formula is C24H20ClN3O4S. The Morgan fingerprint density at radius 1 is 1.03 bits per heavy atom. The van der Waals surface area contributed by atoms with E-state index in [1.807, 2.05) is 30.3 Å². The number of para-hydroxylation sites is 1. The lowest BCUT2D eigenvalue weighted by atomic mass is 10.1. The number of pyridine rings is 1. The summed E-state index contributed by atoms with van der Waals surface area (Å²) in [4.78, 5) is 18.6. The molecule has 0 aliphatic rings. The van der Waals surface area contributed by atoms with Crippen molar-refractivity contribution in [1.82, 2.24) is 10.4 Å². The van der Waals surface area contributed by atoms with Crippen LogP contribution >= 0.6 is 22.9 Å². The number of halogens is 1. The fourth-order valence-electron chi connectivity index (χ4n) is 3.39. The van der Waals surface area contributed by atoms with Crippen molar-refractivity contribution in [2.75, 3.05) is 21.3 Å². The molecule has 0 aliphatic heterocycles. The van der Waals surface area contributed by atoms with Crippen molar-refractivity contribution in [2.24, 2.45) is 5.10 Å². The number of carbonyl (C=O) groups excluding carboxylic acids is 1. The van der Waals surface area contributed by atoms with Crippen molar-refractivity contribution in [3.05, 3.63) is 70.1 Å². The quantitative estimate of drug-likeness (QED) is 0.282. The van der Waals surface area contributed by atoms with Crippen LogP contribution in [0.5, 0.6) is 17.2 Å². The SMILES string of the molecule is COc1ccc(/C=N\NC(=O)c2cc(-c3ccc(Cl)s3)nc3ccccc23)c(OC)c1OC. The maximum Gasteiger partial charge on any atom is 0.272 e. The fraction of sp³-hybridized carbons (Fsp3) is 0.125. The van der Waals surface area contributed by atoms with E-state index in [9.17, 15) is 4.79 Å². The fourth-order valence-corrected chi connectivity index (χ4v) is 4.39. The van der Waals surface area contributed by atoms with Crippen molar-refractivity contribution < 1.29 is 19.0 Å². The molecule has 168 valence electrons. The number of carbonyl (C=O) groups is 1. The van der Waals surface area contributed by atoms with Gasteiger partial charge in [-0.05, 0) is 36.4 Å². The topological polar surface area (TPSA) is 82.0 Å². The summed E-state index contributed by atoms with van der Waals surface area (Å²) in [6, 6.07) is 16.4. The van der Waals surface area contributed by atoms with Gasteiger partial charge in [-0.2, -0.15) is 5.10 Å². The van der Waals surface area contributed by atoms with Crippen molar-refractivity contribution in [3.63, 3.8) is 0 Å². The predicted molar refractivity (Wildman–Crippen MR) is 131 cm³/mol. The molecule has 1 N–H and O–H groups in total. The van der Waals surface area contributed by atoms with Crippen LogP contribution in [0.15, 0.2) is 59.7 Å². The number of nitrogens with one attached hydrogen (secondary N) is 1. The number of fused-ring (bicyclic) bond motifs is 1. The molecule has 0 fully saturated rings. The molecule has 7 nitrogen and oxygen atoms in total. The molecule has 33 heavy (non-hydrogen) atoms. The summed E-state index contributed by atoms with van der Waals surface area (Å²) in [6.07, 6.45) is 1.49. The van der Waals surface area contributed by atoms with E-state index in [0.29, 0.717) is 43.9 Å². The van der Waals surface area contributed by atoms with Crippen LogP contribution in [0.4, 0.5) is 0 Å². The Morgan fingerprint density at radius 2 is 1.82 bits per heavy atom. The largest absolute Gasteiger partial charge is 0.493 e. The van der Waals surface area contributed by atoms with Crippen molar-refractivity contribution in [1.29, 1.82) is 0 Å². The lowest BCUT2D eigenvalue weighted by molar-refractivity contribution is 0.0956. The number of rotatable bonds is 7. The molecule has 0 spiro atoms. The third-order valence-corrected chi connectivity index (χ3v) is 6.14. The third kappa shape index (κ3) is 4.62. The molecule has 4 aromatic rings. The summed E-state index contributed by atoms with van der Waals surface area (Å²) in [5.41, 5.74) is 5.03. The lowest BCUT2D eigenvalue weighted by Crippen LogP contribution is -2.18. The molecule has 9 heteroatoms. The van der Waals surface area contributed by atoms with Gasteiger partial charge in [0.25, 0.3) is 5.91 Å². The Balaban J connectivity index is 1.66. The summed E-state index contributed by atoms with van der Waals surface area (Å²) >= 11 is 7.49. The monoisotopic (exact) mass is 481 g/mol. The van der Waals surface area contributed by atoms with Crippen LogP contribution in [0.1, 0.15) is 15.9 Å². The van der Waals surface area contributed by atoms with Crippen LogP contribution in [-0.2, 0) is 0 Å². The van der Waals surface area contributed by atoms with Gasteiger partial charge in [0, 0.05) is 10.9 Å². The van der Waals surface area contributed by atoms with Gasteiger partial charge in [-0.3, -0.25) is 4.79 Å². The minimum Gasteiger partial charge on any atom is -0.493 e. The van der Waals surface area contributed by atoms with Crippen molar-refractivity contribution in [3.8, 4) is 27.8 Å². The Labute approximate surface area is 199 Å². The van der Waals surface area contributed by atoms with Gasteiger partial charge in [-0.25, -0.2) is 10.4 Å². The van der Waals surface area contributed by atoms with E-state index < -0.39 is 0 Å². The van der Waals surface area contributed by atoms with Gasteiger partial charge in [0.2, 0.25) is 5.75 Å². The highest BCUT2D eigenvalue weighted by molar-refractivity contribution is 7.19. The van der Waals surface area contributed by atoms with Crippen LogP contribution in [0.3, 0.4) is 0 Å². The first-order valence-corrected chi connectivity index (χ1v) is 11.0. The smallest absolute Gasteiger partial charge is 0.272 e. The molecule has 2 aromatic heterocycles. The Hall–Kier alpha value is -3.62. The second-order valence-electron chi connectivity index (χ2n) is 6.80. The highest BCUT2D eigenvalue weighted by atomic mass is 35.5. The third-order valence-electron chi connectivity index (χ3n) is 4.89. The first-order chi connectivity index (χ1) is 16.0. The summed E-state index contributed by atoms with van der Waals surface area (Å²) in [5.74, 6) is 1.05. The maximum atomic E-state index is 13.1. The van der Waals surface area contributed by atoms with Crippen LogP contribution in [0.25, 0.3) is 21.5 Å². The number of benzene rings is 2. The van der Waals surface area contributed by atoms with Gasteiger partial charge in [0.05, 0.1) is 53.5 Å². The van der Waals surface area contributed by atoms with E-state index in [0.717, 1.165) is 10.3 Å². The van der Waals surface area contributed by atoms with Crippen LogP contribution < -0.4 is 19.6 Å². The van der Waals surface area contributed by atoms with Gasteiger partial charge in [0.1, 0.15) is 0 Å². The number of aromatic nitrogens is 1. The van der Waals surface area contributed by atoms with Gasteiger partial charge in [0.15, 0.2) is 11.5 Å². The number of hydrazone groups is 1. The van der Waals surface area contributed by atoms with E-state index in [1.165, 1.54) is 31.8 Å². The minimum atomic E-state index is -0.367. The molecule has 0 aliphatic carbocycles. The molecule has 0 saturated carbocycles. The number of nitrogens with zero attached hydrogens (tertiary/aromatic N) is 2. The highest BCUT2D eigenvalue weighted by Crippen LogP contribution is 2.39. The molecule has 1 amide bonds. The van der Waals surface area contributed by atoms with E-state index in [-0.39, 0.29) is 5.91 Å². The highest BCUT2D eigenvalue weighted by Gasteiger charge is 2.16. The number of methoxy groups -OCH3 is 3. The van der Waals surface area contributed by atoms with Crippen LogP contribution in [0.2, 0.25) is 4.34 Å². The normalized spacial score (nSPS) is 11.0. The van der Waals surface area contributed by atoms with E-state index >= 15 is 0 Å².